The number of hydrogen-bond acceptors (Lipinski definition) is 4. The van der Waals surface area contributed by atoms with Gasteiger partial charge in [-0.2, -0.15) is 0 Å². The molecule has 0 N–H and O–H groups in total. The van der Waals surface area contributed by atoms with Crippen LogP contribution in [0.25, 0.3) is 0 Å². The third-order valence-corrected chi connectivity index (χ3v) is 11.3. The third-order valence-electron chi connectivity index (χ3n) is 8.07. The first-order valence-electron chi connectivity index (χ1n) is 12.3. The van der Waals surface area contributed by atoms with Crippen molar-refractivity contribution >= 4 is 26.8 Å². The summed E-state index contributed by atoms with van der Waals surface area (Å²) in [6.07, 6.45) is 1.88. The molecule has 3 aromatic rings. The van der Waals surface area contributed by atoms with Gasteiger partial charge in [0.05, 0.1) is 26.8 Å². The Morgan fingerprint density at radius 3 is 1.89 bits per heavy atom. The molecule has 0 spiro atoms. The third kappa shape index (κ3) is 5.17. The van der Waals surface area contributed by atoms with Crippen LogP contribution in [0.15, 0.2) is 93.5 Å². The van der Waals surface area contributed by atoms with Gasteiger partial charge < -0.3 is 4.55 Å². The first-order chi connectivity index (χ1) is 16.9. The minimum absolute atomic E-state index is 0.0248. The normalized spacial score (nSPS) is 22.4. The van der Waals surface area contributed by atoms with Gasteiger partial charge in [0, 0.05) is 17.4 Å². The maximum atomic E-state index is 11.8. The molecule has 0 aliphatic heterocycles. The molecule has 6 heteroatoms. The van der Waals surface area contributed by atoms with Crippen LogP contribution in [0.3, 0.4) is 0 Å². The van der Waals surface area contributed by atoms with Gasteiger partial charge in [-0.05, 0) is 68.4 Å². The molecule has 2 aliphatic carbocycles. The van der Waals surface area contributed by atoms with Gasteiger partial charge in [0.25, 0.3) is 0 Å². The van der Waals surface area contributed by atoms with Gasteiger partial charge >= 0.3 is 0 Å². The van der Waals surface area contributed by atoms with E-state index in [1.165, 1.54) is 25.8 Å². The largest absolute Gasteiger partial charge is 0.748 e. The molecule has 2 unspecified atom stereocenters. The lowest BCUT2D eigenvalue weighted by atomic mass is 9.70. The topological polar surface area (TPSA) is 74.3 Å². The predicted molar refractivity (Wildman–Crippen MR) is 144 cm³/mol. The number of hydrogen-bond donors (Lipinski definition) is 0. The number of Topliss-reactive ketones (excluding diaryl/α,β-unsaturated/α-hetero) is 1. The van der Waals surface area contributed by atoms with Crippen LogP contribution in [0.2, 0.25) is 0 Å². The van der Waals surface area contributed by atoms with Crippen molar-refractivity contribution in [2.45, 2.75) is 61.6 Å². The SMILES string of the molecule is CC1(C)C2CCC1(CS(=O)(=O)[O-])C(=O)C2.Cc1ccc([S+](c2ccccc2)c2ccccc2)c(C)c1. The molecular weight excluding hydrogens is 488 g/mol. The fourth-order valence-electron chi connectivity index (χ4n) is 5.94. The van der Waals surface area contributed by atoms with Crippen LogP contribution in [0.1, 0.15) is 44.2 Å². The molecule has 190 valence electrons. The molecule has 2 fully saturated rings. The molecule has 2 saturated carbocycles. The van der Waals surface area contributed by atoms with Crippen LogP contribution in [0, 0.1) is 30.6 Å². The maximum absolute atomic E-state index is 11.8. The summed E-state index contributed by atoms with van der Waals surface area (Å²) in [6.45, 7) is 8.20. The van der Waals surface area contributed by atoms with Crippen molar-refractivity contribution in [3.8, 4) is 0 Å². The van der Waals surface area contributed by atoms with E-state index in [9.17, 15) is 17.8 Å². The molecule has 3 aromatic carbocycles. The van der Waals surface area contributed by atoms with E-state index in [2.05, 4.69) is 92.7 Å². The van der Waals surface area contributed by atoms with Gasteiger partial charge in [-0.3, -0.25) is 4.79 Å². The molecule has 36 heavy (non-hydrogen) atoms. The predicted octanol–water partition coefficient (Wildman–Crippen LogP) is 6.33. The molecule has 2 aliphatic rings. The number of fused-ring (bicyclic) bond motifs is 2. The molecule has 0 radical (unpaired) electrons. The first kappa shape index (κ1) is 26.6. The fourth-order valence-corrected chi connectivity index (χ4v) is 9.45. The monoisotopic (exact) mass is 522 g/mol. The van der Waals surface area contributed by atoms with Gasteiger partial charge in [-0.15, -0.1) is 0 Å². The van der Waals surface area contributed by atoms with Crippen LogP contribution < -0.4 is 0 Å². The van der Waals surface area contributed by atoms with Gasteiger partial charge in [0.15, 0.2) is 14.7 Å². The number of carbonyl (C=O) groups excluding carboxylic acids is 1. The summed E-state index contributed by atoms with van der Waals surface area (Å²) >= 11 is 0. The molecule has 2 atom stereocenters. The molecule has 0 heterocycles. The van der Waals surface area contributed by atoms with Crippen LogP contribution >= 0.6 is 0 Å². The van der Waals surface area contributed by atoms with Crippen molar-refractivity contribution in [1.29, 1.82) is 0 Å². The second-order valence-electron chi connectivity index (χ2n) is 10.6. The molecule has 2 bridgehead atoms. The van der Waals surface area contributed by atoms with Crippen molar-refractivity contribution in [3.63, 3.8) is 0 Å². The Balaban J connectivity index is 0.000000179. The zero-order valence-electron chi connectivity index (χ0n) is 21.4. The maximum Gasteiger partial charge on any atom is 0.169 e. The molecular formula is C30H34O4S2. The Labute approximate surface area is 218 Å². The van der Waals surface area contributed by atoms with Crippen LogP contribution in [-0.4, -0.2) is 24.5 Å². The Hall–Kier alpha value is -2.41. The lowest BCUT2D eigenvalue weighted by molar-refractivity contribution is -0.128. The number of benzene rings is 3. The van der Waals surface area contributed by atoms with E-state index in [1.807, 2.05) is 13.8 Å². The van der Waals surface area contributed by atoms with Crippen molar-refractivity contribution in [3.05, 3.63) is 90.0 Å². The smallest absolute Gasteiger partial charge is 0.169 e. The van der Waals surface area contributed by atoms with Gasteiger partial charge in [-0.25, -0.2) is 8.42 Å². The summed E-state index contributed by atoms with van der Waals surface area (Å²) in [5, 5.41) is 0. The van der Waals surface area contributed by atoms with Crippen molar-refractivity contribution in [2.24, 2.45) is 16.7 Å². The summed E-state index contributed by atoms with van der Waals surface area (Å²) in [7, 11) is -4.36. The second-order valence-corrected chi connectivity index (χ2v) is 14.0. The average Bonchev–Trinajstić information content (AvgIpc) is 3.16. The standard InChI is InChI=1S/C20H19S.C10H16O4S/c1-16-13-14-20(17(2)15-16)21(18-9-5-3-6-10-18)19-11-7-4-8-12-19;1-9(2)7-3-4-10(9,8(11)5-7)6-15(12,13)14/h3-15H,1-2H3;7H,3-6H2,1-2H3,(H,12,13,14)/q+1;/p-1. The zero-order chi connectivity index (χ0) is 26.1. The lowest BCUT2D eigenvalue weighted by Gasteiger charge is -2.37. The van der Waals surface area contributed by atoms with Crippen LogP contribution in [-0.2, 0) is 25.8 Å². The van der Waals surface area contributed by atoms with E-state index in [4.69, 9.17) is 0 Å². The van der Waals surface area contributed by atoms with Crippen LogP contribution in [0.4, 0.5) is 0 Å². The molecule has 0 amide bonds. The van der Waals surface area contributed by atoms with E-state index in [1.54, 1.807) is 0 Å². The highest BCUT2D eigenvalue weighted by molar-refractivity contribution is 7.97. The van der Waals surface area contributed by atoms with Crippen molar-refractivity contribution in [1.82, 2.24) is 0 Å². The van der Waals surface area contributed by atoms with E-state index >= 15 is 0 Å². The van der Waals surface area contributed by atoms with Gasteiger partial charge in [0.1, 0.15) is 5.78 Å². The second kappa shape index (κ2) is 10.2. The van der Waals surface area contributed by atoms with Crippen molar-refractivity contribution < 1.29 is 17.8 Å². The molecule has 4 nitrogen and oxygen atoms in total. The number of carbonyl (C=O) groups is 1. The Morgan fingerprint density at radius 2 is 1.47 bits per heavy atom. The lowest BCUT2D eigenvalue weighted by Crippen LogP contribution is -2.42. The van der Waals surface area contributed by atoms with Gasteiger partial charge in [-0.1, -0.05) is 67.9 Å². The number of rotatable bonds is 5. The first-order valence-corrected chi connectivity index (χ1v) is 15.1. The zero-order valence-corrected chi connectivity index (χ0v) is 23.0. The summed E-state index contributed by atoms with van der Waals surface area (Å²) in [4.78, 5) is 16.0. The van der Waals surface area contributed by atoms with E-state index in [0.29, 0.717) is 12.8 Å². The highest BCUT2D eigenvalue weighted by Gasteiger charge is 2.64. The Morgan fingerprint density at radius 1 is 0.917 bits per heavy atom. The fraction of sp³-hybridized carbons (Fsp3) is 0.367. The molecule has 0 saturated heterocycles. The Bertz CT molecular complexity index is 1290. The summed E-state index contributed by atoms with van der Waals surface area (Å²) in [5.41, 5.74) is 1.46. The van der Waals surface area contributed by atoms with E-state index in [0.717, 1.165) is 6.42 Å². The summed E-state index contributed by atoms with van der Waals surface area (Å²) < 4.78 is 32.7. The highest BCUT2D eigenvalue weighted by Crippen LogP contribution is 2.64. The summed E-state index contributed by atoms with van der Waals surface area (Å²) in [6, 6.07) is 28.4. The minimum atomic E-state index is -4.33. The highest BCUT2D eigenvalue weighted by atomic mass is 32.2. The number of aryl methyl sites for hydroxylation is 2. The quantitative estimate of drug-likeness (QED) is 0.290. The van der Waals surface area contributed by atoms with E-state index < -0.39 is 21.3 Å². The van der Waals surface area contributed by atoms with E-state index in [-0.39, 0.29) is 28.0 Å². The minimum Gasteiger partial charge on any atom is -0.748 e. The average molecular weight is 523 g/mol. The van der Waals surface area contributed by atoms with Crippen molar-refractivity contribution in [2.75, 3.05) is 5.75 Å². The molecule has 0 aromatic heterocycles. The summed E-state index contributed by atoms with van der Waals surface area (Å²) in [5.74, 6) is -0.280. The Kier molecular flexibility index (Phi) is 7.52. The van der Waals surface area contributed by atoms with Crippen LogP contribution in [0.5, 0.6) is 0 Å². The molecule has 5 rings (SSSR count). The number of ketones is 1. The van der Waals surface area contributed by atoms with Gasteiger partial charge in [0.2, 0.25) is 0 Å².